The molecule has 0 atom stereocenters. The summed E-state index contributed by atoms with van der Waals surface area (Å²) in [4.78, 5) is 22.2. The maximum absolute atomic E-state index is 11.2. The van der Waals surface area contributed by atoms with Crippen LogP contribution in [0.25, 0.3) is 0 Å². The van der Waals surface area contributed by atoms with Gasteiger partial charge in [-0.15, -0.1) is 0 Å². The minimum atomic E-state index is -0.506. The molecule has 0 radical (unpaired) electrons. The Morgan fingerprint density at radius 3 is 2.39 bits per heavy atom. The van der Waals surface area contributed by atoms with Crippen LogP contribution in [0.1, 0.15) is 19.8 Å². The number of carbonyl (C=O) groups is 2. The maximum atomic E-state index is 11.2. The molecule has 0 unspecified atom stereocenters. The van der Waals surface area contributed by atoms with Gasteiger partial charge >= 0.3 is 5.97 Å². The van der Waals surface area contributed by atoms with Gasteiger partial charge in [0.05, 0.1) is 19.8 Å². The molecule has 0 rings (SSSR count). The summed E-state index contributed by atoms with van der Waals surface area (Å²) in [5, 5.41) is 0. The Morgan fingerprint density at radius 1 is 1.00 bits per heavy atom. The molecular formula is C12H22O6. The molecule has 0 bridgehead atoms. The number of esters is 1. The average Bonchev–Trinajstić information content (AvgIpc) is 2.32. The minimum absolute atomic E-state index is 0.0586. The van der Waals surface area contributed by atoms with Crippen LogP contribution in [0.5, 0.6) is 0 Å². The van der Waals surface area contributed by atoms with Gasteiger partial charge in [0.1, 0.15) is 13.0 Å². The van der Waals surface area contributed by atoms with E-state index in [4.69, 9.17) is 14.2 Å². The molecule has 0 saturated carbocycles. The second kappa shape index (κ2) is 12.5. The summed E-state index contributed by atoms with van der Waals surface area (Å²) in [5.41, 5.74) is 0. The molecule has 0 aromatic heterocycles. The van der Waals surface area contributed by atoms with E-state index in [1.807, 2.05) is 0 Å². The van der Waals surface area contributed by atoms with Gasteiger partial charge in [0.2, 0.25) is 0 Å². The summed E-state index contributed by atoms with van der Waals surface area (Å²) >= 11 is 0. The van der Waals surface area contributed by atoms with Crippen molar-refractivity contribution in [2.45, 2.75) is 19.8 Å². The number of rotatable bonds is 12. The SMILES string of the molecule is CCOC(=O)CC(=O)COCCCOCCOC. The van der Waals surface area contributed by atoms with Crippen molar-refractivity contribution in [3.05, 3.63) is 0 Å². The lowest BCUT2D eigenvalue weighted by molar-refractivity contribution is -0.146. The lowest BCUT2D eigenvalue weighted by atomic mass is 10.3. The normalized spacial score (nSPS) is 10.3. The lowest BCUT2D eigenvalue weighted by Crippen LogP contribution is -2.16. The summed E-state index contributed by atoms with van der Waals surface area (Å²) in [6.07, 6.45) is 0.481. The topological polar surface area (TPSA) is 71.1 Å². The van der Waals surface area contributed by atoms with Crippen molar-refractivity contribution in [3.8, 4) is 0 Å². The van der Waals surface area contributed by atoms with E-state index in [-0.39, 0.29) is 25.4 Å². The van der Waals surface area contributed by atoms with E-state index in [2.05, 4.69) is 4.74 Å². The second-order valence-electron chi connectivity index (χ2n) is 3.53. The number of ether oxygens (including phenoxy) is 4. The first kappa shape index (κ1) is 17.0. The van der Waals surface area contributed by atoms with Crippen molar-refractivity contribution >= 4 is 11.8 Å². The Balaban J connectivity index is 3.27. The third-order valence-electron chi connectivity index (χ3n) is 1.92. The lowest BCUT2D eigenvalue weighted by Gasteiger charge is -2.05. The van der Waals surface area contributed by atoms with Crippen LogP contribution in [0, 0.1) is 0 Å². The van der Waals surface area contributed by atoms with Crippen LogP contribution < -0.4 is 0 Å². The highest BCUT2D eigenvalue weighted by atomic mass is 16.5. The molecule has 0 N–H and O–H groups in total. The first-order valence-corrected chi connectivity index (χ1v) is 6.02. The molecule has 6 heteroatoms. The molecular weight excluding hydrogens is 240 g/mol. The van der Waals surface area contributed by atoms with Crippen molar-refractivity contribution in [1.82, 2.24) is 0 Å². The van der Waals surface area contributed by atoms with Gasteiger partial charge in [-0.1, -0.05) is 0 Å². The molecule has 0 aliphatic heterocycles. The average molecular weight is 262 g/mol. The third-order valence-corrected chi connectivity index (χ3v) is 1.92. The Hall–Kier alpha value is -0.980. The molecule has 0 saturated heterocycles. The van der Waals surface area contributed by atoms with Gasteiger partial charge < -0.3 is 18.9 Å². The van der Waals surface area contributed by atoms with Gasteiger partial charge in [0.15, 0.2) is 5.78 Å². The van der Waals surface area contributed by atoms with Crippen LogP contribution >= 0.6 is 0 Å². The number of Topliss-reactive ketones (excluding diaryl/α,β-unsaturated/α-hetero) is 1. The summed E-state index contributed by atoms with van der Waals surface area (Å²) < 4.78 is 19.8. The molecule has 0 aliphatic carbocycles. The Kier molecular flexibility index (Phi) is 11.8. The first-order chi connectivity index (χ1) is 8.70. The molecule has 0 amide bonds. The van der Waals surface area contributed by atoms with Crippen LogP contribution in [0.3, 0.4) is 0 Å². The van der Waals surface area contributed by atoms with Crippen molar-refractivity contribution < 1.29 is 28.5 Å². The summed E-state index contributed by atoms with van der Waals surface area (Å²) in [5.74, 6) is -0.775. The standard InChI is InChI=1S/C12H22O6/c1-3-18-12(14)9-11(13)10-17-6-4-5-16-8-7-15-2/h3-10H2,1-2H3. The maximum Gasteiger partial charge on any atom is 0.313 e. The molecule has 18 heavy (non-hydrogen) atoms. The summed E-state index contributed by atoms with van der Waals surface area (Å²) in [6, 6.07) is 0. The smallest absolute Gasteiger partial charge is 0.313 e. The monoisotopic (exact) mass is 262 g/mol. The van der Waals surface area contributed by atoms with Gasteiger partial charge in [-0.25, -0.2) is 0 Å². The summed E-state index contributed by atoms with van der Waals surface area (Å²) in [6.45, 7) is 4.04. The summed E-state index contributed by atoms with van der Waals surface area (Å²) in [7, 11) is 1.61. The van der Waals surface area contributed by atoms with Gasteiger partial charge in [-0.2, -0.15) is 0 Å². The van der Waals surface area contributed by atoms with E-state index in [0.29, 0.717) is 32.8 Å². The van der Waals surface area contributed by atoms with E-state index in [1.165, 1.54) is 0 Å². The minimum Gasteiger partial charge on any atom is -0.466 e. The van der Waals surface area contributed by atoms with Crippen LogP contribution in [0.4, 0.5) is 0 Å². The van der Waals surface area contributed by atoms with Gasteiger partial charge in [-0.3, -0.25) is 9.59 Å². The molecule has 0 aromatic rings. The molecule has 0 aliphatic rings. The van der Waals surface area contributed by atoms with Crippen LogP contribution in [0.15, 0.2) is 0 Å². The molecule has 0 aromatic carbocycles. The van der Waals surface area contributed by atoms with Gasteiger partial charge in [-0.05, 0) is 13.3 Å². The zero-order valence-electron chi connectivity index (χ0n) is 11.1. The predicted molar refractivity (Wildman–Crippen MR) is 64.4 cm³/mol. The molecule has 106 valence electrons. The van der Waals surface area contributed by atoms with Gasteiger partial charge in [0, 0.05) is 20.3 Å². The fraction of sp³-hybridized carbons (Fsp3) is 0.833. The van der Waals surface area contributed by atoms with Gasteiger partial charge in [0.25, 0.3) is 0 Å². The quantitative estimate of drug-likeness (QED) is 0.291. The molecule has 0 fully saturated rings. The number of ketones is 1. The van der Waals surface area contributed by atoms with Crippen molar-refractivity contribution in [3.63, 3.8) is 0 Å². The number of hydrogen-bond donors (Lipinski definition) is 0. The van der Waals surface area contributed by atoms with Crippen molar-refractivity contribution in [2.75, 3.05) is 46.8 Å². The number of hydrogen-bond acceptors (Lipinski definition) is 6. The highest BCUT2D eigenvalue weighted by Gasteiger charge is 2.09. The van der Waals surface area contributed by atoms with Crippen LogP contribution in [-0.2, 0) is 28.5 Å². The molecule has 0 heterocycles. The zero-order valence-corrected chi connectivity index (χ0v) is 11.1. The van der Waals surface area contributed by atoms with E-state index >= 15 is 0 Å². The van der Waals surface area contributed by atoms with E-state index in [1.54, 1.807) is 14.0 Å². The van der Waals surface area contributed by atoms with Crippen LogP contribution in [-0.4, -0.2) is 58.5 Å². The first-order valence-electron chi connectivity index (χ1n) is 6.02. The number of carbonyl (C=O) groups excluding carboxylic acids is 2. The zero-order chi connectivity index (χ0) is 13.6. The Morgan fingerprint density at radius 2 is 1.72 bits per heavy atom. The predicted octanol–water partition coefficient (Wildman–Crippen LogP) is 0.578. The largest absolute Gasteiger partial charge is 0.466 e. The van der Waals surface area contributed by atoms with Crippen molar-refractivity contribution in [2.24, 2.45) is 0 Å². The highest BCUT2D eigenvalue weighted by Crippen LogP contribution is 1.92. The molecule has 6 nitrogen and oxygen atoms in total. The van der Waals surface area contributed by atoms with E-state index < -0.39 is 5.97 Å². The van der Waals surface area contributed by atoms with Crippen molar-refractivity contribution in [1.29, 1.82) is 0 Å². The van der Waals surface area contributed by atoms with Crippen LogP contribution in [0.2, 0.25) is 0 Å². The number of methoxy groups -OCH3 is 1. The Labute approximate surface area is 108 Å². The fourth-order valence-corrected chi connectivity index (χ4v) is 1.12. The fourth-order valence-electron chi connectivity index (χ4n) is 1.12. The third kappa shape index (κ3) is 11.5. The Bertz CT molecular complexity index is 229. The van der Waals surface area contributed by atoms with E-state index in [9.17, 15) is 9.59 Å². The molecule has 0 spiro atoms. The van der Waals surface area contributed by atoms with E-state index in [0.717, 1.165) is 0 Å². The second-order valence-corrected chi connectivity index (χ2v) is 3.53. The highest BCUT2D eigenvalue weighted by molar-refractivity contribution is 5.96.